The lowest BCUT2D eigenvalue weighted by Gasteiger charge is -2.13. The van der Waals surface area contributed by atoms with Crippen LogP contribution in [0, 0.1) is 0 Å². The molecule has 2 rings (SSSR count). The lowest BCUT2D eigenvalue weighted by Crippen LogP contribution is -2.42. The zero-order valence-electron chi connectivity index (χ0n) is 26.0. The quantitative estimate of drug-likeness (QED) is 0.0749. The molecule has 0 spiro atoms. The number of amides is 2. The van der Waals surface area contributed by atoms with Crippen molar-refractivity contribution in [3.8, 4) is 0 Å². The summed E-state index contributed by atoms with van der Waals surface area (Å²) < 4.78 is 0. The number of carbonyl (C=O) groups excluding carboxylic acids is 2. The Balaban J connectivity index is 1.31. The van der Waals surface area contributed by atoms with Crippen molar-refractivity contribution in [3.63, 3.8) is 0 Å². The van der Waals surface area contributed by atoms with E-state index in [0.29, 0.717) is 24.2 Å². The highest BCUT2D eigenvalue weighted by Crippen LogP contribution is 2.14. The Morgan fingerprint density at radius 3 is 1.09 bits per heavy atom. The number of hydrogen-bond acceptors (Lipinski definition) is 6. The Morgan fingerprint density at radius 2 is 0.841 bits per heavy atom. The number of hydrogen-bond donors (Lipinski definition) is 6. The first-order chi connectivity index (χ1) is 21.3. The SMILES string of the molecule is O=C(CCCCCCCCCCCCCCCCCCC(=O)N[C@@H](Cc1cnc[nH]1)C(=O)O)N[C@@H](Cc1cnc[nH]1)C(=O)O. The summed E-state index contributed by atoms with van der Waals surface area (Å²) in [5.41, 5.74) is 1.36. The molecule has 12 nitrogen and oxygen atoms in total. The van der Waals surface area contributed by atoms with Gasteiger partial charge in [0.15, 0.2) is 0 Å². The monoisotopic (exact) mass is 616 g/mol. The minimum absolute atomic E-state index is 0.193. The fourth-order valence-corrected chi connectivity index (χ4v) is 5.21. The van der Waals surface area contributed by atoms with Gasteiger partial charge < -0.3 is 30.8 Å². The third kappa shape index (κ3) is 17.4. The smallest absolute Gasteiger partial charge is 0.326 e. The van der Waals surface area contributed by atoms with Crippen molar-refractivity contribution < 1.29 is 29.4 Å². The molecule has 0 saturated heterocycles. The van der Waals surface area contributed by atoms with E-state index in [1.165, 1.54) is 76.9 Å². The van der Waals surface area contributed by atoms with Gasteiger partial charge in [-0.15, -0.1) is 0 Å². The van der Waals surface area contributed by atoms with Crippen molar-refractivity contribution in [2.45, 2.75) is 141 Å². The van der Waals surface area contributed by atoms with Crippen LogP contribution in [-0.4, -0.2) is 66.0 Å². The summed E-state index contributed by atoms with van der Waals surface area (Å²) in [5, 5.41) is 23.9. The number of carbonyl (C=O) groups is 4. The molecule has 0 bridgehead atoms. The number of unbranched alkanes of at least 4 members (excludes halogenated alkanes) is 15. The summed E-state index contributed by atoms with van der Waals surface area (Å²) >= 11 is 0. The van der Waals surface area contributed by atoms with Gasteiger partial charge in [-0.25, -0.2) is 19.6 Å². The molecule has 0 fully saturated rings. The third-order valence-corrected chi connectivity index (χ3v) is 7.78. The van der Waals surface area contributed by atoms with E-state index < -0.39 is 24.0 Å². The van der Waals surface area contributed by atoms with Crippen LogP contribution in [0.15, 0.2) is 25.0 Å². The van der Waals surface area contributed by atoms with Crippen molar-refractivity contribution in [2.75, 3.05) is 0 Å². The molecule has 0 aromatic carbocycles. The second-order valence-corrected chi connectivity index (χ2v) is 11.6. The number of aliphatic carboxylic acids is 2. The number of aromatic nitrogens is 4. The number of rotatable bonds is 27. The van der Waals surface area contributed by atoms with E-state index in [2.05, 4.69) is 30.6 Å². The molecule has 2 heterocycles. The first kappa shape index (κ1) is 36.5. The van der Waals surface area contributed by atoms with Gasteiger partial charge in [0.2, 0.25) is 11.8 Å². The summed E-state index contributed by atoms with van der Waals surface area (Å²) in [6.07, 6.45) is 25.3. The molecule has 2 aromatic heterocycles. The van der Waals surface area contributed by atoms with Crippen molar-refractivity contribution in [3.05, 3.63) is 36.4 Å². The minimum atomic E-state index is -1.04. The molecule has 0 aliphatic rings. The summed E-state index contributed by atoms with van der Waals surface area (Å²) in [5.74, 6) is -2.52. The van der Waals surface area contributed by atoms with Crippen LogP contribution in [0.1, 0.15) is 127 Å². The molecular formula is C32H52N6O6. The molecule has 44 heavy (non-hydrogen) atoms. The number of imidazole rings is 2. The van der Waals surface area contributed by atoms with Crippen molar-refractivity contribution >= 4 is 23.8 Å². The Kier molecular flexibility index (Phi) is 18.9. The summed E-state index contributed by atoms with van der Waals surface area (Å²) in [4.78, 5) is 60.5. The van der Waals surface area contributed by atoms with Crippen molar-refractivity contribution in [1.82, 2.24) is 30.6 Å². The second kappa shape index (κ2) is 22.8. The second-order valence-electron chi connectivity index (χ2n) is 11.6. The molecule has 246 valence electrons. The van der Waals surface area contributed by atoms with Crippen LogP contribution in [0.2, 0.25) is 0 Å². The fraction of sp³-hybridized carbons (Fsp3) is 0.688. The predicted molar refractivity (Wildman–Crippen MR) is 167 cm³/mol. The third-order valence-electron chi connectivity index (χ3n) is 7.78. The summed E-state index contributed by atoms with van der Waals surface area (Å²) in [6, 6.07) is -1.89. The van der Waals surface area contributed by atoms with Gasteiger partial charge in [0.1, 0.15) is 12.1 Å². The van der Waals surface area contributed by atoms with E-state index in [-0.39, 0.29) is 24.7 Å². The Bertz CT molecular complexity index is 975. The van der Waals surface area contributed by atoms with Gasteiger partial charge in [0, 0.05) is 49.5 Å². The normalized spacial score (nSPS) is 12.5. The molecule has 12 heteroatoms. The van der Waals surface area contributed by atoms with Gasteiger partial charge >= 0.3 is 11.9 Å². The topological polar surface area (TPSA) is 190 Å². The molecule has 0 aliphatic carbocycles. The molecule has 2 aromatic rings. The first-order valence-corrected chi connectivity index (χ1v) is 16.3. The highest BCUT2D eigenvalue weighted by atomic mass is 16.4. The number of nitrogens with one attached hydrogen (secondary N) is 4. The zero-order valence-corrected chi connectivity index (χ0v) is 26.0. The largest absolute Gasteiger partial charge is 0.480 e. The van der Waals surface area contributed by atoms with Crippen LogP contribution < -0.4 is 10.6 Å². The van der Waals surface area contributed by atoms with Crippen molar-refractivity contribution in [1.29, 1.82) is 0 Å². The van der Waals surface area contributed by atoms with Crippen LogP contribution in [0.4, 0.5) is 0 Å². The molecule has 0 radical (unpaired) electrons. The number of H-pyrrole nitrogens is 2. The summed E-state index contributed by atoms with van der Waals surface area (Å²) in [7, 11) is 0. The number of nitrogens with zero attached hydrogens (tertiary/aromatic N) is 2. The van der Waals surface area contributed by atoms with Crippen LogP contribution in [0.3, 0.4) is 0 Å². The van der Waals surface area contributed by atoms with E-state index in [1.54, 1.807) is 12.4 Å². The molecule has 0 unspecified atom stereocenters. The first-order valence-electron chi connectivity index (χ1n) is 16.3. The fourth-order valence-electron chi connectivity index (χ4n) is 5.21. The van der Waals surface area contributed by atoms with E-state index in [9.17, 15) is 29.4 Å². The Labute approximate surface area is 260 Å². The maximum Gasteiger partial charge on any atom is 0.326 e. The molecule has 0 saturated carbocycles. The van der Waals surface area contributed by atoms with E-state index >= 15 is 0 Å². The molecular weight excluding hydrogens is 564 g/mol. The number of aromatic amines is 2. The lowest BCUT2D eigenvalue weighted by molar-refractivity contribution is -0.142. The van der Waals surface area contributed by atoms with Crippen LogP contribution in [-0.2, 0) is 32.0 Å². The van der Waals surface area contributed by atoms with Crippen molar-refractivity contribution in [2.24, 2.45) is 0 Å². The van der Waals surface area contributed by atoms with Gasteiger partial charge in [-0.3, -0.25) is 9.59 Å². The van der Waals surface area contributed by atoms with Gasteiger partial charge in [-0.1, -0.05) is 89.9 Å². The van der Waals surface area contributed by atoms with Gasteiger partial charge in [0.25, 0.3) is 0 Å². The molecule has 2 atom stereocenters. The number of carboxylic acids is 2. The predicted octanol–water partition coefficient (Wildman–Crippen LogP) is 5.08. The van der Waals surface area contributed by atoms with Gasteiger partial charge in [-0.05, 0) is 12.8 Å². The highest BCUT2D eigenvalue weighted by molar-refractivity contribution is 5.84. The molecule has 2 amide bonds. The van der Waals surface area contributed by atoms with Gasteiger partial charge in [0.05, 0.1) is 12.7 Å². The Morgan fingerprint density at radius 1 is 0.545 bits per heavy atom. The van der Waals surface area contributed by atoms with Crippen LogP contribution in [0.25, 0.3) is 0 Å². The van der Waals surface area contributed by atoms with Crippen LogP contribution in [0.5, 0.6) is 0 Å². The molecule has 6 N–H and O–H groups in total. The van der Waals surface area contributed by atoms with Crippen LogP contribution >= 0.6 is 0 Å². The Hall–Kier alpha value is -3.70. The average molecular weight is 617 g/mol. The maximum absolute atomic E-state index is 12.1. The minimum Gasteiger partial charge on any atom is -0.480 e. The molecule has 0 aliphatic heterocycles. The summed E-state index contributed by atoms with van der Waals surface area (Å²) in [6.45, 7) is 0. The highest BCUT2D eigenvalue weighted by Gasteiger charge is 2.21. The van der Waals surface area contributed by atoms with E-state index in [0.717, 1.165) is 38.5 Å². The maximum atomic E-state index is 12.1. The number of carboxylic acid groups (broad SMARTS) is 2. The van der Waals surface area contributed by atoms with E-state index in [1.807, 2.05) is 0 Å². The zero-order chi connectivity index (χ0) is 31.8. The van der Waals surface area contributed by atoms with Gasteiger partial charge in [-0.2, -0.15) is 0 Å². The lowest BCUT2D eigenvalue weighted by atomic mass is 10.0. The standard InChI is InChI=1S/C32H52N6O6/c39-29(37-27(31(41)42)19-25-21-33-23-35-25)17-15-13-11-9-7-5-3-1-2-4-6-8-10-12-14-16-18-30(40)38-28(32(43)44)20-26-22-34-24-36-26/h21-24,27-28H,1-20H2,(H,33,35)(H,34,36)(H,37,39)(H,38,40)(H,41,42)(H,43,44)/t27-,28-/m0/s1. The average Bonchev–Trinajstić information content (AvgIpc) is 3.70. The van der Waals surface area contributed by atoms with E-state index in [4.69, 9.17) is 0 Å².